The van der Waals surface area contributed by atoms with Crippen LogP contribution in [-0.2, 0) is 0 Å². The van der Waals surface area contributed by atoms with Crippen LogP contribution in [0.1, 0.15) is 6.92 Å². The Balaban J connectivity index is 1.89. The minimum Gasteiger partial charge on any atom is -0.490 e. The van der Waals surface area contributed by atoms with E-state index in [9.17, 15) is 14.9 Å². The molecular formula is C16H16ClN3O5. The number of nitro benzene ring substituents is 1. The van der Waals surface area contributed by atoms with E-state index in [1.54, 1.807) is 18.2 Å². The van der Waals surface area contributed by atoms with Gasteiger partial charge < -0.3 is 20.1 Å². The molecule has 0 unspecified atom stereocenters. The molecule has 2 amide bonds. The average molecular weight is 366 g/mol. The van der Waals surface area contributed by atoms with Crippen LogP contribution in [0, 0.1) is 10.1 Å². The van der Waals surface area contributed by atoms with Crippen molar-refractivity contribution in [3.05, 3.63) is 57.6 Å². The molecule has 0 aliphatic heterocycles. The molecular weight excluding hydrogens is 350 g/mol. The van der Waals surface area contributed by atoms with Crippen LogP contribution < -0.4 is 20.1 Å². The van der Waals surface area contributed by atoms with E-state index in [0.717, 1.165) is 0 Å². The van der Waals surface area contributed by atoms with Crippen LogP contribution in [0.2, 0.25) is 5.02 Å². The number of ether oxygens (including phenoxy) is 2. The lowest BCUT2D eigenvalue weighted by Gasteiger charge is -2.12. The van der Waals surface area contributed by atoms with Crippen molar-refractivity contribution in [3.63, 3.8) is 0 Å². The molecule has 0 radical (unpaired) electrons. The summed E-state index contributed by atoms with van der Waals surface area (Å²) in [5.41, 5.74) is -0.0512. The number of urea groups is 1. The Bertz CT molecular complexity index is 769. The van der Waals surface area contributed by atoms with Gasteiger partial charge in [0.05, 0.1) is 11.5 Å². The lowest BCUT2D eigenvalue weighted by Crippen LogP contribution is -2.32. The normalized spacial score (nSPS) is 10.0. The minimum atomic E-state index is -0.626. The smallest absolute Gasteiger partial charge is 0.321 e. The fourth-order valence-corrected chi connectivity index (χ4v) is 2.12. The summed E-state index contributed by atoms with van der Waals surface area (Å²) in [5, 5.41) is 15.8. The van der Waals surface area contributed by atoms with Crippen LogP contribution >= 0.6 is 11.6 Å². The maximum atomic E-state index is 11.8. The van der Waals surface area contributed by atoms with Crippen molar-refractivity contribution in [2.24, 2.45) is 0 Å². The van der Waals surface area contributed by atoms with E-state index in [-0.39, 0.29) is 23.1 Å². The number of carbonyl (C=O) groups excluding carboxylic acids is 1. The molecule has 132 valence electrons. The standard InChI is InChI=1S/C16H16ClN3O5/c1-2-24-14-5-3-4-6-15(14)25-10-18-16(21)19-11-7-8-12(17)13(9-11)20(22)23/h3-9H,2,10H2,1H3,(H2,18,19,21). The number of hydrogen-bond acceptors (Lipinski definition) is 5. The van der Waals surface area contributed by atoms with E-state index in [1.807, 2.05) is 13.0 Å². The number of nitrogens with zero attached hydrogens (tertiary/aromatic N) is 1. The van der Waals surface area contributed by atoms with Gasteiger partial charge in [0.2, 0.25) is 0 Å². The number of anilines is 1. The number of para-hydroxylation sites is 2. The molecule has 0 aliphatic carbocycles. The van der Waals surface area contributed by atoms with Crippen LogP contribution in [0.3, 0.4) is 0 Å². The summed E-state index contributed by atoms with van der Waals surface area (Å²) in [6.45, 7) is 2.24. The first-order valence-corrected chi connectivity index (χ1v) is 7.72. The van der Waals surface area contributed by atoms with E-state index < -0.39 is 11.0 Å². The first-order valence-electron chi connectivity index (χ1n) is 7.34. The second-order valence-electron chi connectivity index (χ2n) is 4.72. The highest BCUT2D eigenvalue weighted by Gasteiger charge is 2.14. The van der Waals surface area contributed by atoms with Gasteiger partial charge in [-0.25, -0.2) is 4.79 Å². The molecule has 0 atom stereocenters. The third-order valence-electron chi connectivity index (χ3n) is 3.01. The topological polar surface area (TPSA) is 103 Å². The number of rotatable bonds is 7. The highest BCUT2D eigenvalue weighted by molar-refractivity contribution is 6.32. The Kier molecular flexibility index (Phi) is 6.41. The number of benzene rings is 2. The van der Waals surface area contributed by atoms with E-state index in [4.69, 9.17) is 21.1 Å². The molecule has 2 rings (SSSR count). The first kappa shape index (κ1) is 18.3. The number of hydrogen-bond donors (Lipinski definition) is 2. The molecule has 0 saturated carbocycles. The molecule has 2 aromatic carbocycles. The van der Waals surface area contributed by atoms with Gasteiger partial charge >= 0.3 is 6.03 Å². The second kappa shape index (κ2) is 8.74. The van der Waals surface area contributed by atoms with Crippen LogP contribution in [0.4, 0.5) is 16.2 Å². The zero-order valence-corrected chi connectivity index (χ0v) is 14.1. The Morgan fingerprint density at radius 2 is 1.88 bits per heavy atom. The van der Waals surface area contributed by atoms with Crippen molar-refractivity contribution < 1.29 is 19.2 Å². The van der Waals surface area contributed by atoms with Gasteiger partial charge in [-0.1, -0.05) is 23.7 Å². The van der Waals surface area contributed by atoms with Gasteiger partial charge in [0, 0.05) is 11.8 Å². The second-order valence-corrected chi connectivity index (χ2v) is 5.13. The minimum absolute atomic E-state index is 0.00757. The van der Waals surface area contributed by atoms with Crippen molar-refractivity contribution in [2.45, 2.75) is 6.92 Å². The van der Waals surface area contributed by atoms with Crippen molar-refractivity contribution >= 4 is 29.0 Å². The van der Waals surface area contributed by atoms with Crippen LogP contribution in [0.5, 0.6) is 11.5 Å². The monoisotopic (exact) mass is 365 g/mol. The predicted octanol–water partition coefficient (Wildman–Crippen LogP) is 3.80. The quantitative estimate of drug-likeness (QED) is 0.441. The fraction of sp³-hybridized carbons (Fsp3) is 0.188. The molecule has 0 bridgehead atoms. The van der Waals surface area contributed by atoms with Crippen molar-refractivity contribution in [3.8, 4) is 11.5 Å². The van der Waals surface area contributed by atoms with E-state index >= 15 is 0 Å². The molecule has 0 aromatic heterocycles. The van der Waals surface area contributed by atoms with Crippen molar-refractivity contribution in [1.29, 1.82) is 0 Å². The summed E-state index contributed by atoms with van der Waals surface area (Å²) < 4.78 is 10.9. The van der Waals surface area contributed by atoms with Gasteiger partial charge in [0.15, 0.2) is 18.2 Å². The largest absolute Gasteiger partial charge is 0.490 e. The zero-order chi connectivity index (χ0) is 18.2. The average Bonchev–Trinajstić information content (AvgIpc) is 2.58. The van der Waals surface area contributed by atoms with E-state index in [1.165, 1.54) is 18.2 Å². The van der Waals surface area contributed by atoms with Crippen molar-refractivity contribution in [1.82, 2.24) is 5.32 Å². The Morgan fingerprint density at radius 3 is 2.52 bits per heavy atom. The number of amides is 2. The third kappa shape index (κ3) is 5.25. The van der Waals surface area contributed by atoms with E-state index in [0.29, 0.717) is 18.1 Å². The Labute approximate surface area is 148 Å². The number of nitrogens with one attached hydrogen (secondary N) is 2. The predicted molar refractivity (Wildman–Crippen MR) is 93.4 cm³/mol. The number of halogens is 1. The Hall–Kier alpha value is -3.00. The highest BCUT2D eigenvalue weighted by Crippen LogP contribution is 2.27. The molecule has 0 saturated heterocycles. The van der Waals surface area contributed by atoms with Gasteiger partial charge in [-0.3, -0.25) is 10.1 Å². The van der Waals surface area contributed by atoms with Crippen molar-refractivity contribution in [2.75, 3.05) is 18.7 Å². The molecule has 2 aromatic rings. The van der Waals surface area contributed by atoms with E-state index in [2.05, 4.69) is 10.6 Å². The zero-order valence-electron chi connectivity index (χ0n) is 13.3. The third-order valence-corrected chi connectivity index (χ3v) is 3.33. The van der Waals surface area contributed by atoms with Crippen LogP contribution in [-0.4, -0.2) is 24.3 Å². The molecule has 0 aliphatic rings. The van der Waals surface area contributed by atoms with Gasteiger partial charge in [-0.15, -0.1) is 0 Å². The highest BCUT2D eigenvalue weighted by atomic mass is 35.5. The van der Waals surface area contributed by atoms with Crippen LogP contribution in [0.25, 0.3) is 0 Å². The number of nitro groups is 1. The lowest BCUT2D eigenvalue weighted by molar-refractivity contribution is -0.384. The summed E-state index contributed by atoms with van der Waals surface area (Å²) in [6, 6.07) is 10.5. The van der Waals surface area contributed by atoms with Crippen LogP contribution in [0.15, 0.2) is 42.5 Å². The SMILES string of the molecule is CCOc1ccccc1OCNC(=O)Nc1ccc(Cl)c([N+](=O)[O-])c1. The maximum absolute atomic E-state index is 11.8. The summed E-state index contributed by atoms with van der Waals surface area (Å²) in [7, 11) is 0. The summed E-state index contributed by atoms with van der Waals surface area (Å²) in [6.07, 6.45) is 0. The summed E-state index contributed by atoms with van der Waals surface area (Å²) >= 11 is 5.72. The van der Waals surface area contributed by atoms with Gasteiger partial charge in [-0.05, 0) is 31.2 Å². The molecule has 0 spiro atoms. The number of carbonyl (C=O) groups is 1. The summed E-state index contributed by atoms with van der Waals surface area (Å²) in [5.74, 6) is 1.06. The van der Waals surface area contributed by atoms with Gasteiger partial charge in [0.1, 0.15) is 5.02 Å². The van der Waals surface area contributed by atoms with Gasteiger partial charge in [-0.2, -0.15) is 0 Å². The molecule has 0 fully saturated rings. The molecule has 25 heavy (non-hydrogen) atoms. The maximum Gasteiger partial charge on any atom is 0.321 e. The molecule has 2 N–H and O–H groups in total. The first-order chi connectivity index (χ1) is 12.0. The molecule has 8 nitrogen and oxygen atoms in total. The van der Waals surface area contributed by atoms with Gasteiger partial charge in [0.25, 0.3) is 5.69 Å². The summed E-state index contributed by atoms with van der Waals surface area (Å²) in [4.78, 5) is 22.1. The fourth-order valence-electron chi connectivity index (χ4n) is 1.93. The molecule has 9 heteroatoms. The molecule has 0 heterocycles. The Morgan fingerprint density at radius 1 is 1.20 bits per heavy atom. The lowest BCUT2D eigenvalue weighted by atomic mass is 10.3.